The molecule has 0 aliphatic carbocycles. The highest BCUT2D eigenvalue weighted by molar-refractivity contribution is 7.26. The molecule has 216 valence electrons. The number of thiophene rings is 1. The highest BCUT2D eigenvalue weighted by atomic mass is 32.1. The zero-order chi connectivity index (χ0) is 30.6. The van der Waals surface area contributed by atoms with Crippen LogP contribution < -0.4 is 0 Å². The summed E-state index contributed by atoms with van der Waals surface area (Å²) in [5.74, 6) is 0. The Labute approximate surface area is 272 Å². The molecule has 0 radical (unpaired) electrons. The van der Waals surface area contributed by atoms with Crippen LogP contribution >= 0.6 is 11.3 Å². The molecule has 0 aliphatic heterocycles. The van der Waals surface area contributed by atoms with E-state index >= 15 is 0 Å². The molecule has 9 rings (SSSR count). The van der Waals surface area contributed by atoms with Gasteiger partial charge in [0, 0.05) is 20.2 Å². The van der Waals surface area contributed by atoms with Crippen LogP contribution in [-0.4, -0.2) is 0 Å². The third-order valence-electron chi connectivity index (χ3n) is 9.34. The van der Waals surface area contributed by atoms with Gasteiger partial charge in [-0.15, -0.1) is 11.3 Å². The Bertz CT molecular complexity index is 2570. The van der Waals surface area contributed by atoms with Gasteiger partial charge >= 0.3 is 0 Å². The normalized spacial score (nSPS) is 11.6. The average molecular weight is 603 g/mol. The summed E-state index contributed by atoms with van der Waals surface area (Å²) in [4.78, 5) is 0. The molecule has 1 aromatic heterocycles. The van der Waals surface area contributed by atoms with Crippen molar-refractivity contribution in [3.63, 3.8) is 0 Å². The number of benzene rings is 8. The van der Waals surface area contributed by atoms with Crippen molar-refractivity contribution in [2.45, 2.75) is 6.92 Å². The van der Waals surface area contributed by atoms with Gasteiger partial charge < -0.3 is 0 Å². The summed E-state index contributed by atoms with van der Waals surface area (Å²) in [5, 5.41) is 7.79. The lowest BCUT2D eigenvalue weighted by atomic mass is 9.85. The van der Waals surface area contributed by atoms with Gasteiger partial charge in [0.1, 0.15) is 0 Å². The molecule has 0 saturated carbocycles. The zero-order valence-electron chi connectivity index (χ0n) is 25.5. The van der Waals surface area contributed by atoms with Gasteiger partial charge in [-0.25, -0.2) is 0 Å². The van der Waals surface area contributed by atoms with Gasteiger partial charge in [-0.3, -0.25) is 0 Å². The minimum atomic E-state index is 1.22. The van der Waals surface area contributed by atoms with Crippen LogP contribution in [0.3, 0.4) is 0 Å². The lowest BCUT2D eigenvalue weighted by molar-refractivity contribution is 1.54. The molecule has 0 unspecified atom stereocenters. The molecule has 0 atom stereocenters. The standard InChI is InChI=1S/C45H30S/c1-29-25-35(28-41-36-19-10-11-22-42(36)46-45(29)41)33-18-12-17-32(26-33)34-23-24-39-40(27-34)44(31-15-6-3-7-16-31)38-21-9-8-20-37(38)43(39)30-13-4-2-5-14-30/h2-28H,1H3. The minimum absolute atomic E-state index is 1.22. The molecular weight excluding hydrogens is 573 g/mol. The predicted octanol–water partition coefficient (Wildman–Crippen LogP) is 13.3. The molecule has 0 saturated heterocycles. The van der Waals surface area contributed by atoms with E-state index in [1.807, 2.05) is 11.3 Å². The highest BCUT2D eigenvalue weighted by Gasteiger charge is 2.17. The fourth-order valence-corrected chi connectivity index (χ4v) is 8.39. The zero-order valence-corrected chi connectivity index (χ0v) is 26.3. The van der Waals surface area contributed by atoms with Crippen molar-refractivity contribution in [3.05, 3.63) is 169 Å². The lowest BCUT2D eigenvalue weighted by Gasteiger charge is -2.19. The van der Waals surface area contributed by atoms with Crippen molar-refractivity contribution in [2.75, 3.05) is 0 Å². The second kappa shape index (κ2) is 10.8. The van der Waals surface area contributed by atoms with Crippen molar-refractivity contribution in [1.29, 1.82) is 0 Å². The summed E-state index contributed by atoms with van der Waals surface area (Å²) in [6, 6.07) is 60.2. The Hall–Kier alpha value is -5.50. The van der Waals surface area contributed by atoms with Crippen molar-refractivity contribution in [1.82, 2.24) is 0 Å². The highest BCUT2D eigenvalue weighted by Crippen LogP contribution is 2.45. The molecule has 0 N–H and O–H groups in total. The number of hydrogen-bond donors (Lipinski definition) is 0. The second-order valence-corrected chi connectivity index (χ2v) is 13.2. The molecule has 8 aromatic carbocycles. The molecule has 46 heavy (non-hydrogen) atoms. The maximum atomic E-state index is 2.41. The van der Waals surface area contributed by atoms with Crippen molar-refractivity contribution in [2.24, 2.45) is 0 Å². The summed E-state index contributed by atoms with van der Waals surface area (Å²) in [6.07, 6.45) is 0. The van der Waals surface area contributed by atoms with E-state index in [0.717, 1.165) is 0 Å². The van der Waals surface area contributed by atoms with E-state index in [9.17, 15) is 0 Å². The van der Waals surface area contributed by atoms with E-state index in [2.05, 4.69) is 171 Å². The smallest absolute Gasteiger partial charge is 0.0385 e. The van der Waals surface area contributed by atoms with E-state index in [1.165, 1.54) is 91.8 Å². The molecule has 0 fully saturated rings. The summed E-state index contributed by atoms with van der Waals surface area (Å²) in [7, 11) is 0. The van der Waals surface area contributed by atoms with Crippen LogP contribution in [0.15, 0.2) is 164 Å². The first kappa shape index (κ1) is 26.9. The fourth-order valence-electron chi connectivity index (χ4n) is 7.23. The first-order valence-corrected chi connectivity index (χ1v) is 16.7. The molecule has 0 nitrogen and oxygen atoms in total. The molecule has 0 aliphatic rings. The van der Waals surface area contributed by atoms with Gasteiger partial charge in [0.2, 0.25) is 0 Å². The van der Waals surface area contributed by atoms with Crippen LogP contribution in [0.5, 0.6) is 0 Å². The third-order valence-corrected chi connectivity index (χ3v) is 10.7. The molecule has 1 heteroatoms. The SMILES string of the molecule is Cc1cc(-c2cccc(-c3ccc4c(-c5ccccc5)c5ccccc5c(-c5ccccc5)c4c3)c2)cc2c1sc1ccccc12. The molecule has 9 aromatic rings. The van der Waals surface area contributed by atoms with Crippen molar-refractivity contribution >= 4 is 53.1 Å². The number of fused-ring (bicyclic) bond motifs is 5. The quantitative estimate of drug-likeness (QED) is 0.176. The Kier molecular flexibility index (Phi) is 6.33. The van der Waals surface area contributed by atoms with E-state index in [1.54, 1.807) is 0 Å². The van der Waals surface area contributed by atoms with E-state index in [-0.39, 0.29) is 0 Å². The topological polar surface area (TPSA) is 0 Å². The van der Waals surface area contributed by atoms with Crippen LogP contribution in [0, 0.1) is 6.92 Å². The van der Waals surface area contributed by atoms with Gasteiger partial charge in [0.15, 0.2) is 0 Å². The third kappa shape index (κ3) is 4.35. The van der Waals surface area contributed by atoms with Gasteiger partial charge in [0.05, 0.1) is 0 Å². The van der Waals surface area contributed by atoms with Gasteiger partial charge in [0.25, 0.3) is 0 Å². The Morgan fingerprint density at radius 2 is 0.826 bits per heavy atom. The first-order valence-electron chi connectivity index (χ1n) is 15.8. The number of hydrogen-bond acceptors (Lipinski definition) is 1. The summed E-state index contributed by atoms with van der Waals surface area (Å²) < 4.78 is 2.73. The van der Waals surface area contributed by atoms with Crippen LogP contribution in [0.1, 0.15) is 5.56 Å². The number of aryl methyl sites for hydroxylation is 1. The molecule has 0 amide bonds. The summed E-state index contributed by atoms with van der Waals surface area (Å²) >= 11 is 1.89. The van der Waals surface area contributed by atoms with E-state index < -0.39 is 0 Å². The summed E-state index contributed by atoms with van der Waals surface area (Å²) in [6.45, 7) is 2.24. The second-order valence-electron chi connectivity index (χ2n) is 12.1. The Morgan fingerprint density at radius 3 is 1.52 bits per heavy atom. The predicted molar refractivity (Wildman–Crippen MR) is 201 cm³/mol. The Balaban J connectivity index is 1.27. The van der Waals surface area contributed by atoms with Crippen molar-refractivity contribution in [3.8, 4) is 44.5 Å². The molecule has 1 heterocycles. The van der Waals surface area contributed by atoms with E-state index in [0.29, 0.717) is 0 Å². The molecular formula is C45H30S. The van der Waals surface area contributed by atoms with Crippen LogP contribution in [0.25, 0.3) is 86.2 Å². The fraction of sp³-hybridized carbons (Fsp3) is 0.0222. The largest absolute Gasteiger partial charge is 0.135 e. The average Bonchev–Trinajstić information content (AvgIpc) is 3.50. The monoisotopic (exact) mass is 602 g/mol. The molecule has 0 spiro atoms. The Morgan fingerprint density at radius 1 is 0.326 bits per heavy atom. The van der Waals surface area contributed by atoms with Crippen LogP contribution in [0.2, 0.25) is 0 Å². The van der Waals surface area contributed by atoms with Gasteiger partial charge in [-0.1, -0.05) is 133 Å². The maximum Gasteiger partial charge on any atom is 0.0385 e. The minimum Gasteiger partial charge on any atom is -0.135 e. The van der Waals surface area contributed by atoms with Gasteiger partial charge in [-0.05, 0) is 109 Å². The summed E-state index contributed by atoms with van der Waals surface area (Å²) in [5.41, 5.74) is 11.3. The first-order chi connectivity index (χ1) is 22.7. The number of rotatable bonds is 4. The van der Waals surface area contributed by atoms with E-state index in [4.69, 9.17) is 0 Å². The van der Waals surface area contributed by atoms with Crippen molar-refractivity contribution < 1.29 is 0 Å². The molecule has 0 bridgehead atoms. The van der Waals surface area contributed by atoms with Gasteiger partial charge in [-0.2, -0.15) is 0 Å². The van der Waals surface area contributed by atoms with Crippen LogP contribution in [-0.2, 0) is 0 Å². The lowest BCUT2D eigenvalue weighted by Crippen LogP contribution is -1.91. The maximum absolute atomic E-state index is 2.41. The van der Waals surface area contributed by atoms with Crippen LogP contribution in [0.4, 0.5) is 0 Å².